The molecule has 29 heavy (non-hydrogen) atoms. The minimum atomic E-state index is -0.291. The van der Waals surface area contributed by atoms with Gasteiger partial charge in [0.05, 0.1) is 12.8 Å². The smallest absolute Gasteiger partial charge is 0.287 e. The zero-order valence-corrected chi connectivity index (χ0v) is 16.0. The van der Waals surface area contributed by atoms with Crippen LogP contribution in [0.3, 0.4) is 0 Å². The molecule has 0 bridgehead atoms. The number of nitrogens with zero attached hydrogens (tertiary/aromatic N) is 4. The number of benzene rings is 1. The monoisotopic (exact) mass is 392 g/mol. The van der Waals surface area contributed by atoms with Crippen molar-refractivity contribution in [2.75, 3.05) is 25.5 Å². The second-order valence-electron chi connectivity index (χ2n) is 6.34. The van der Waals surface area contributed by atoms with Crippen LogP contribution in [-0.2, 0) is 0 Å². The van der Waals surface area contributed by atoms with Crippen molar-refractivity contribution in [2.45, 2.75) is 6.92 Å². The number of aromatic nitrogens is 4. The Hall–Kier alpha value is -3.88. The van der Waals surface area contributed by atoms with Crippen molar-refractivity contribution in [3.8, 4) is 11.6 Å². The number of furan rings is 1. The van der Waals surface area contributed by atoms with Gasteiger partial charge in [0.1, 0.15) is 12.1 Å². The molecule has 148 valence electrons. The van der Waals surface area contributed by atoms with E-state index in [1.165, 1.54) is 6.33 Å². The van der Waals surface area contributed by atoms with E-state index in [-0.39, 0.29) is 11.7 Å². The number of nitrogens with one attached hydrogen (secondary N) is 2. The van der Waals surface area contributed by atoms with Gasteiger partial charge in [-0.25, -0.2) is 14.6 Å². The molecule has 1 aromatic carbocycles. The summed E-state index contributed by atoms with van der Waals surface area (Å²) in [7, 11) is 1.56. The number of anilines is 1. The molecule has 9 heteroatoms. The number of aryl methyl sites for hydroxylation is 1. The maximum atomic E-state index is 12.4. The molecule has 0 saturated heterocycles. The van der Waals surface area contributed by atoms with Gasteiger partial charge in [-0.3, -0.25) is 4.79 Å². The predicted molar refractivity (Wildman–Crippen MR) is 107 cm³/mol. The summed E-state index contributed by atoms with van der Waals surface area (Å²) in [6.45, 7) is 2.80. The highest BCUT2D eigenvalue weighted by Gasteiger charge is 2.14. The molecule has 3 aromatic heterocycles. The molecule has 0 atom stereocenters. The third-order valence-electron chi connectivity index (χ3n) is 4.28. The molecule has 0 spiro atoms. The minimum Gasteiger partial charge on any atom is -0.493 e. The number of carbonyl (C=O) groups excluding carboxylic acids is 1. The number of hydrogen-bond donors (Lipinski definition) is 2. The molecular weight excluding hydrogens is 372 g/mol. The number of amides is 1. The fourth-order valence-corrected chi connectivity index (χ4v) is 2.87. The summed E-state index contributed by atoms with van der Waals surface area (Å²) < 4.78 is 12.6. The number of para-hydroxylation sites is 1. The maximum absolute atomic E-state index is 12.4. The molecule has 0 unspecified atom stereocenters. The molecule has 0 fully saturated rings. The number of rotatable bonds is 7. The molecular formula is C20H20N6O3. The average molecular weight is 392 g/mol. The van der Waals surface area contributed by atoms with E-state index in [9.17, 15) is 4.79 Å². The van der Waals surface area contributed by atoms with Crippen molar-refractivity contribution in [3.05, 3.63) is 60.4 Å². The second-order valence-corrected chi connectivity index (χ2v) is 6.34. The first kappa shape index (κ1) is 18.5. The van der Waals surface area contributed by atoms with Crippen molar-refractivity contribution >= 4 is 22.7 Å². The molecule has 1 amide bonds. The summed E-state index contributed by atoms with van der Waals surface area (Å²) in [5, 5.41) is 11.1. The van der Waals surface area contributed by atoms with Crippen LogP contribution in [-0.4, -0.2) is 45.9 Å². The van der Waals surface area contributed by atoms with E-state index in [0.717, 1.165) is 11.1 Å². The minimum absolute atomic E-state index is 0.239. The number of fused-ring (bicyclic) bond motifs is 1. The van der Waals surface area contributed by atoms with Crippen LogP contribution in [0.5, 0.6) is 5.75 Å². The first-order valence-corrected chi connectivity index (χ1v) is 9.07. The average Bonchev–Trinajstić information content (AvgIpc) is 3.37. The molecule has 0 aliphatic heterocycles. The van der Waals surface area contributed by atoms with Crippen LogP contribution < -0.4 is 15.4 Å². The van der Waals surface area contributed by atoms with Crippen molar-refractivity contribution in [2.24, 2.45) is 0 Å². The Bertz CT molecular complexity index is 1150. The van der Waals surface area contributed by atoms with Gasteiger partial charge in [-0.1, -0.05) is 12.1 Å². The Morgan fingerprint density at radius 1 is 1.21 bits per heavy atom. The maximum Gasteiger partial charge on any atom is 0.287 e. The normalized spacial score (nSPS) is 10.8. The lowest BCUT2D eigenvalue weighted by Crippen LogP contribution is -2.28. The first-order valence-electron chi connectivity index (χ1n) is 9.07. The van der Waals surface area contributed by atoms with Crippen LogP contribution in [0.4, 0.5) is 5.82 Å². The molecule has 9 nitrogen and oxygen atoms in total. The van der Waals surface area contributed by atoms with Gasteiger partial charge in [0.15, 0.2) is 22.9 Å². The Balaban J connectivity index is 1.33. The molecule has 2 N–H and O–H groups in total. The second kappa shape index (κ2) is 8.01. The van der Waals surface area contributed by atoms with Gasteiger partial charge in [-0.05, 0) is 25.1 Å². The fraction of sp³-hybridized carbons (Fsp3) is 0.200. The summed E-state index contributed by atoms with van der Waals surface area (Å²) in [5.74, 6) is 1.85. The van der Waals surface area contributed by atoms with E-state index >= 15 is 0 Å². The van der Waals surface area contributed by atoms with Crippen LogP contribution in [0.15, 0.2) is 53.3 Å². The SMILES string of the molecule is COc1cccc2cc(C(=O)NCCNc3cc(-n4ccc(C)n4)ncn3)oc12. The van der Waals surface area contributed by atoms with E-state index in [2.05, 4.69) is 25.7 Å². The number of methoxy groups -OCH3 is 1. The van der Waals surface area contributed by atoms with Crippen LogP contribution in [0.1, 0.15) is 16.2 Å². The molecule has 3 heterocycles. The lowest BCUT2D eigenvalue weighted by atomic mass is 10.2. The lowest BCUT2D eigenvalue weighted by molar-refractivity contribution is 0.0929. The highest BCUT2D eigenvalue weighted by molar-refractivity contribution is 5.97. The van der Waals surface area contributed by atoms with E-state index < -0.39 is 0 Å². The first-order chi connectivity index (χ1) is 14.1. The number of hydrogen-bond acceptors (Lipinski definition) is 7. The molecule has 0 aliphatic rings. The summed E-state index contributed by atoms with van der Waals surface area (Å²) in [6, 6.07) is 10.9. The van der Waals surface area contributed by atoms with Crippen LogP contribution in [0.2, 0.25) is 0 Å². The molecule has 4 rings (SSSR count). The number of carbonyl (C=O) groups is 1. The lowest BCUT2D eigenvalue weighted by Gasteiger charge is -2.07. The van der Waals surface area contributed by atoms with E-state index in [4.69, 9.17) is 9.15 Å². The third-order valence-corrected chi connectivity index (χ3v) is 4.28. The zero-order chi connectivity index (χ0) is 20.2. The van der Waals surface area contributed by atoms with Crippen molar-refractivity contribution < 1.29 is 13.9 Å². The predicted octanol–water partition coefficient (Wildman–Crippen LogP) is 2.57. The van der Waals surface area contributed by atoms with Gasteiger partial charge < -0.3 is 19.8 Å². The van der Waals surface area contributed by atoms with Gasteiger partial charge >= 0.3 is 0 Å². The molecule has 4 aromatic rings. The highest BCUT2D eigenvalue weighted by Crippen LogP contribution is 2.28. The van der Waals surface area contributed by atoms with Crippen LogP contribution in [0.25, 0.3) is 16.8 Å². The Kier molecular flexibility index (Phi) is 5.10. The van der Waals surface area contributed by atoms with Crippen LogP contribution >= 0.6 is 0 Å². The highest BCUT2D eigenvalue weighted by atomic mass is 16.5. The zero-order valence-electron chi connectivity index (χ0n) is 16.0. The standard InChI is InChI=1S/C20H20N6O3/c1-13-6-9-26(25-13)18-11-17(23-12-24-18)21-7-8-22-20(27)16-10-14-4-3-5-15(28-2)19(14)29-16/h3-6,9-12H,7-8H2,1-2H3,(H,22,27)(H,21,23,24). The Labute approximate surface area is 166 Å². The van der Waals surface area contributed by atoms with Gasteiger partial charge in [0.25, 0.3) is 5.91 Å². The number of ether oxygens (including phenoxy) is 1. The summed E-state index contributed by atoms with van der Waals surface area (Å²) in [6.07, 6.45) is 3.30. The van der Waals surface area contributed by atoms with Crippen LogP contribution in [0, 0.1) is 6.92 Å². The summed E-state index contributed by atoms with van der Waals surface area (Å²) >= 11 is 0. The van der Waals surface area contributed by atoms with E-state index in [1.54, 1.807) is 30.0 Å². The van der Waals surface area contributed by atoms with Gasteiger partial charge in [0.2, 0.25) is 0 Å². The quantitative estimate of drug-likeness (QED) is 0.466. The van der Waals surface area contributed by atoms with Crippen molar-refractivity contribution in [3.63, 3.8) is 0 Å². The van der Waals surface area contributed by atoms with Crippen molar-refractivity contribution in [1.29, 1.82) is 0 Å². The fourth-order valence-electron chi connectivity index (χ4n) is 2.87. The molecule has 0 aliphatic carbocycles. The Morgan fingerprint density at radius 2 is 2.10 bits per heavy atom. The van der Waals surface area contributed by atoms with Gasteiger partial charge in [-0.2, -0.15) is 5.10 Å². The molecule has 0 radical (unpaired) electrons. The largest absolute Gasteiger partial charge is 0.493 e. The Morgan fingerprint density at radius 3 is 2.90 bits per heavy atom. The third kappa shape index (κ3) is 4.03. The van der Waals surface area contributed by atoms with E-state index in [1.807, 2.05) is 31.3 Å². The van der Waals surface area contributed by atoms with Gasteiger partial charge in [0, 0.05) is 30.7 Å². The topological polar surface area (TPSA) is 107 Å². The van der Waals surface area contributed by atoms with Gasteiger partial charge in [-0.15, -0.1) is 0 Å². The molecule has 0 saturated carbocycles. The summed E-state index contributed by atoms with van der Waals surface area (Å²) in [4.78, 5) is 20.8. The van der Waals surface area contributed by atoms with E-state index in [0.29, 0.717) is 36.1 Å². The van der Waals surface area contributed by atoms with Crippen molar-refractivity contribution in [1.82, 2.24) is 25.1 Å². The summed E-state index contributed by atoms with van der Waals surface area (Å²) in [5.41, 5.74) is 1.46.